The van der Waals surface area contributed by atoms with Crippen LogP contribution < -0.4 is 5.56 Å². The molecule has 4 heterocycles. The molecule has 0 spiro atoms. The van der Waals surface area contributed by atoms with Crippen molar-refractivity contribution < 1.29 is 35.5 Å². The zero-order chi connectivity index (χ0) is 57.5. The van der Waals surface area contributed by atoms with Crippen LogP contribution in [0.5, 0.6) is 0 Å². The molecule has 5 aliphatic rings. The van der Waals surface area contributed by atoms with Crippen molar-refractivity contribution in [3.8, 4) is 5.69 Å². The first-order valence-electron chi connectivity index (χ1n) is 28.7. The SMILES string of the molecule is CC(=O)Cn1nc(C2CC2)c2c1CC1CC21.CCCC(=N)c1c(Cl)ccc(-n2c(C(Cc3cc(F)cc(F)c3)C(C)C)nc3nc(C4CCC(F)(F)CC4)cc(C(F)F)c3c2=O)c1C.CCCCCN1CCC(F)CC1.C[B]C. The number of alkyl halides is 5. The maximum absolute atomic E-state index is 14.8. The summed E-state index contributed by atoms with van der Waals surface area (Å²) in [6, 6.07) is 7.34. The quantitative estimate of drug-likeness (QED) is 0.0430. The van der Waals surface area contributed by atoms with E-state index in [2.05, 4.69) is 16.8 Å². The minimum Gasteiger partial charge on any atom is -0.305 e. The Kier molecular flexibility index (Phi) is 21.3. The Labute approximate surface area is 467 Å². The number of nitrogens with zero attached hydrogens (tertiary/aromatic N) is 6. The Morgan fingerprint density at radius 3 is 2.16 bits per heavy atom. The molecule has 3 aromatic heterocycles. The summed E-state index contributed by atoms with van der Waals surface area (Å²) in [6.07, 6.45) is 7.27. The van der Waals surface area contributed by atoms with E-state index in [0.29, 0.717) is 36.1 Å². The van der Waals surface area contributed by atoms with Gasteiger partial charge in [-0.05, 0) is 150 Å². The van der Waals surface area contributed by atoms with E-state index >= 15 is 0 Å². The first kappa shape index (κ1) is 61.7. The lowest BCUT2D eigenvalue weighted by molar-refractivity contribution is -0.117. The van der Waals surface area contributed by atoms with Gasteiger partial charge < -0.3 is 10.3 Å². The van der Waals surface area contributed by atoms with E-state index in [1.165, 1.54) is 85.6 Å². The Morgan fingerprint density at radius 2 is 1.58 bits per heavy atom. The van der Waals surface area contributed by atoms with Crippen LogP contribution in [0.4, 0.5) is 30.7 Å². The van der Waals surface area contributed by atoms with E-state index in [1.807, 2.05) is 46.4 Å². The number of rotatable bonds is 17. The molecule has 1 aliphatic heterocycles. The molecule has 9 nitrogen and oxygen atoms in total. The van der Waals surface area contributed by atoms with Gasteiger partial charge in [-0.25, -0.2) is 40.7 Å². The van der Waals surface area contributed by atoms with Crippen LogP contribution in [0.15, 0.2) is 41.2 Å². The summed E-state index contributed by atoms with van der Waals surface area (Å²) < 4.78 is 102. The monoisotopic (exact) mass is 1120 g/mol. The number of carbonyl (C=O) groups excluding carboxylic acids is 1. The molecule has 3 atom stereocenters. The van der Waals surface area contributed by atoms with Crippen molar-refractivity contribution in [3.63, 3.8) is 0 Å². The van der Waals surface area contributed by atoms with Crippen LogP contribution >= 0.6 is 11.6 Å². The average Bonchev–Trinajstić information content (AvgIpc) is 4.39. The molecule has 79 heavy (non-hydrogen) atoms. The summed E-state index contributed by atoms with van der Waals surface area (Å²) in [6.45, 7) is 18.8. The Hall–Kier alpha value is -4.90. The van der Waals surface area contributed by atoms with Crippen molar-refractivity contribution in [3.05, 3.63) is 114 Å². The Bertz CT molecular complexity index is 2960. The minimum absolute atomic E-state index is 0.0360. The molecule has 18 heteroatoms. The van der Waals surface area contributed by atoms with Crippen LogP contribution in [0, 0.1) is 35.8 Å². The van der Waals surface area contributed by atoms with E-state index in [9.17, 15) is 40.3 Å². The Balaban J connectivity index is 0.000000232. The Morgan fingerprint density at radius 1 is 0.924 bits per heavy atom. The van der Waals surface area contributed by atoms with Crippen molar-refractivity contribution in [2.75, 3.05) is 19.6 Å². The van der Waals surface area contributed by atoms with Gasteiger partial charge in [-0.15, -0.1) is 0 Å². The number of unbranched alkanes of at least 4 members (excludes halogenated alkanes) is 2. The second-order valence-corrected chi connectivity index (χ2v) is 23.4. The first-order valence-corrected chi connectivity index (χ1v) is 29.1. The lowest BCUT2D eigenvalue weighted by Gasteiger charge is -2.29. The molecule has 0 bridgehead atoms. The highest BCUT2D eigenvalue weighted by Gasteiger charge is 2.51. The third-order valence-corrected chi connectivity index (χ3v) is 16.4. The van der Waals surface area contributed by atoms with Crippen molar-refractivity contribution >= 4 is 41.4 Å². The molecular weight excluding hydrogens is 1040 g/mol. The molecule has 4 fully saturated rings. The largest absolute Gasteiger partial charge is 0.305 e. The number of carbonyl (C=O) groups is 1. The lowest BCUT2D eigenvalue weighted by atomic mass is 9.84. The minimum atomic E-state index is -3.11. The zero-order valence-corrected chi connectivity index (χ0v) is 48.1. The molecule has 1 saturated heterocycles. The summed E-state index contributed by atoms with van der Waals surface area (Å²) in [7, 11) is 2.00. The smallest absolute Gasteiger partial charge is 0.268 e. The van der Waals surface area contributed by atoms with Gasteiger partial charge in [0, 0.05) is 83.5 Å². The fraction of sp³-hybridized carbons (Fsp3) is 0.607. The number of likely N-dealkylation sites (tertiary alicyclic amines) is 1. The van der Waals surface area contributed by atoms with Crippen molar-refractivity contribution in [1.29, 1.82) is 5.41 Å². The number of ketones is 1. The fourth-order valence-electron chi connectivity index (χ4n) is 11.6. The number of piperidine rings is 1. The molecule has 4 aliphatic carbocycles. The maximum Gasteiger partial charge on any atom is 0.268 e. The van der Waals surface area contributed by atoms with Gasteiger partial charge in [-0.1, -0.05) is 72.2 Å². The van der Waals surface area contributed by atoms with Crippen LogP contribution in [-0.4, -0.2) is 79.7 Å². The standard InChI is InChI=1S/C36H37ClF6N4O.C13H16N2O.C10H20FN.C2H6B/c1-5-6-27(44)30-19(4)29(8-7-26(30)37)47-34(24(18(2)3)15-20-13-22(38)16-23(39)14-20)46-33-31(35(47)48)25(32(40)41)17-28(45-33)21-9-11-36(42,43)12-10-21;1-7(16)6-15-11-5-9-4-10(9)12(11)13(14-15)8-2-3-8;1-2-3-4-7-12-8-5-10(11)6-9-12;1-3-2/h7-8,13-14,16-18,21,24,32,44H,5-6,9-12,15H2,1-4H3;8-10H,2-6H2,1H3;10H,2-9H2,1H3;1-2H3. The van der Waals surface area contributed by atoms with E-state index in [-0.39, 0.29) is 64.6 Å². The predicted octanol–water partition coefficient (Wildman–Crippen LogP) is 15.8. The van der Waals surface area contributed by atoms with E-state index < -0.39 is 71.3 Å². The van der Waals surface area contributed by atoms with Gasteiger partial charge in [-0.2, -0.15) is 5.10 Å². The molecule has 1 radical (unpaired) electrons. The number of hydrogen-bond acceptors (Lipinski definition) is 7. The van der Waals surface area contributed by atoms with E-state index in [0.717, 1.165) is 55.8 Å². The summed E-state index contributed by atoms with van der Waals surface area (Å²) in [5.74, 6) is -3.13. The summed E-state index contributed by atoms with van der Waals surface area (Å²) in [5, 5.41) is 13.2. The topological polar surface area (TPSA) is 110 Å². The lowest BCUT2D eigenvalue weighted by Crippen LogP contribution is -2.34. The van der Waals surface area contributed by atoms with Gasteiger partial charge in [0.25, 0.3) is 12.0 Å². The van der Waals surface area contributed by atoms with Crippen molar-refractivity contribution in [2.45, 2.75) is 207 Å². The average molecular weight is 1120 g/mol. The molecule has 3 saturated carbocycles. The maximum atomic E-state index is 14.8. The van der Waals surface area contributed by atoms with Gasteiger partial charge in [0.2, 0.25) is 5.92 Å². The number of fused-ring (bicyclic) bond motifs is 4. The highest BCUT2D eigenvalue weighted by Crippen LogP contribution is 2.60. The number of pyridine rings is 1. The number of Topliss-reactive ketones (excluding diaryl/α,β-unsaturated/α-hetero) is 1. The number of benzene rings is 2. The third kappa shape index (κ3) is 15.4. The van der Waals surface area contributed by atoms with Gasteiger partial charge in [0.05, 0.1) is 28.3 Å². The molecule has 3 unspecified atom stereocenters. The van der Waals surface area contributed by atoms with Gasteiger partial charge >= 0.3 is 0 Å². The van der Waals surface area contributed by atoms with Crippen LogP contribution in [0.2, 0.25) is 18.7 Å². The molecule has 10 rings (SSSR count). The first-order chi connectivity index (χ1) is 37.6. The summed E-state index contributed by atoms with van der Waals surface area (Å²) in [4.78, 5) is 37.6. The highest BCUT2D eigenvalue weighted by atomic mass is 35.5. The van der Waals surface area contributed by atoms with E-state index in [1.54, 1.807) is 25.5 Å². The van der Waals surface area contributed by atoms with Crippen molar-refractivity contribution in [2.24, 2.45) is 11.8 Å². The van der Waals surface area contributed by atoms with Crippen LogP contribution in [-0.2, 0) is 24.2 Å². The van der Waals surface area contributed by atoms with E-state index in [4.69, 9.17) is 27.1 Å². The van der Waals surface area contributed by atoms with Crippen LogP contribution in [0.25, 0.3) is 16.7 Å². The van der Waals surface area contributed by atoms with Crippen molar-refractivity contribution in [1.82, 2.24) is 29.2 Å². The van der Waals surface area contributed by atoms with Crippen LogP contribution in [0.3, 0.4) is 0 Å². The zero-order valence-electron chi connectivity index (χ0n) is 47.3. The molecular formula is C61H79BClF7N7O2. The number of aromatic nitrogens is 5. The normalized spacial score (nSPS) is 19.2. The third-order valence-electron chi connectivity index (χ3n) is 16.0. The summed E-state index contributed by atoms with van der Waals surface area (Å²) in [5.41, 5.74) is 4.40. The number of halogens is 8. The number of nitrogens with one attached hydrogen (secondary N) is 1. The number of hydrogen-bond donors (Lipinski definition) is 1. The van der Waals surface area contributed by atoms with Gasteiger partial charge in [0.1, 0.15) is 30.9 Å². The second kappa shape index (κ2) is 27.2. The summed E-state index contributed by atoms with van der Waals surface area (Å²) >= 11 is 6.55. The van der Waals surface area contributed by atoms with Gasteiger partial charge in [0.15, 0.2) is 11.4 Å². The molecule has 5 aromatic rings. The molecule has 2 aromatic carbocycles. The predicted molar refractivity (Wildman–Crippen MR) is 302 cm³/mol. The van der Waals surface area contributed by atoms with Crippen LogP contribution in [0.1, 0.15) is 205 Å². The molecule has 0 amide bonds. The highest BCUT2D eigenvalue weighted by molar-refractivity contribution is 6.34. The fourth-order valence-corrected chi connectivity index (χ4v) is 12.0. The molecule has 1 N–H and O–H groups in total. The molecule has 429 valence electrons. The van der Waals surface area contributed by atoms with Gasteiger partial charge in [-0.3, -0.25) is 18.8 Å². The second-order valence-electron chi connectivity index (χ2n) is 23.0.